The van der Waals surface area contributed by atoms with Crippen molar-refractivity contribution in [1.82, 2.24) is 9.97 Å². The predicted octanol–water partition coefficient (Wildman–Crippen LogP) is 1.44. The number of hydrogen-bond donors (Lipinski definition) is 1. The molecule has 1 aromatic rings. The molecule has 2 N–H and O–H groups in total. The molecule has 1 aliphatic rings. The molecule has 1 aliphatic heterocycles. The monoisotopic (exact) mass is 192 g/mol. The zero-order valence-corrected chi connectivity index (χ0v) is 8.48. The summed E-state index contributed by atoms with van der Waals surface area (Å²) in [5, 5.41) is 0. The van der Waals surface area contributed by atoms with Crippen molar-refractivity contribution in [1.29, 1.82) is 0 Å². The Labute approximate surface area is 84.2 Å². The Morgan fingerprint density at radius 2 is 2.50 bits per heavy atom. The molecule has 1 unspecified atom stereocenters. The number of anilines is 2. The Kier molecular flexibility index (Phi) is 2.52. The highest BCUT2D eigenvalue weighted by Crippen LogP contribution is 2.28. The van der Waals surface area contributed by atoms with E-state index in [9.17, 15) is 0 Å². The summed E-state index contributed by atoms with van der Waals surface area (Å²) in [7, 11) is 0. The molecule has 0 spiro atoms. The predicted molar refractivity (Wildman–Crippen MR) is 57.1 cm³/mol. The molecule has 0 saturated carbocycles. The average Bonchev–Trinajstić information content (AvgIpc) is 2.66. The number of aromatic nitrogens is 2. The van der Waals surface area contributed by atoms with Gasteiger partial charge in [-0.15, -0.1) is 0 Å². The van der Waals surface area contributed by atoms with E-state index in [0.29, 0.717) is 11.7 Å². The van der Waals surface area contributed by atoms with Gasteiger partial charge in [0, 0.05) is 12.6 Å². The number of rotatable bonds is 2. The van der Waals surface area contributed by atoms with Crippen molar-refractivity contribution < 1.29 is 0 Å². The van der Waals surface area contributed by atoms with E-state index >= 15 is 0 Å². The molecular weight excluding hydrogens is 176 g/mol. The molecule has 2 heterocycles. The lowest BCUT2D eigenvalue weighted by Gasteiger charge is -2.25. The molecule has 1 fully saturated rings. The summed E-state index contributed by atoms with van der Waals surface area (Å²) in [5.74, 6) is 0.907. The van der Waals surface area contributed by atoms with E-state index in [1.54, 1.807) is 12.5 Å². The van der Waals surface area contributed by atoms with Crippen LogP contribution >= 0.6 is 0 Å². The van der Waals surface area contributed by atoms with E-state index in [1.807, 2.05) is 0 Å². The Bertz CT molecular complexity index is 313. The van der Waals surface area contributed by atoms with Crippen molar-refractivity contribution in [2.24, 2.45) is 0 Å². The fraction of sp³-hybridized carbons (Fsp3) is 0.600. The van der Waals surface area contributed by atoms with Gasteiger partial charge in [-0.25, -0.2) is 9.97 Å². The number of nitrogen functional groups attached to an aromatic ring is 1. The molecule has 1 aromatic heterocycles. The van der Waals surface area contributed by atoms with E-state index in [0.717, 1.165) is 18.8 Å². The summed E-state index contributed by atoms with van der Waals surface area (Å²) in [6.45, 7) is 3.28. The van der Waals surface area contributed by atoms with E-state index in [2.05, 4.69) is 21.8 Å². The van der Waals surface area contributed by atoms with Crippen LogP contribution in [0.4, 0.5) is 11.5 Å². The molecule has 0 aliphatic carbocycles. The van der Waals surface area contributed by atoms with Gasteiger partial charge in [0.05, 0.1) is 11.9 Å². The normalized spacial score (nSPS) is 21.5. The van der Waals surface area contributed by atoms with Crippen LogP contribution in [0.1, 0.15) is 26.2 Å². The molecular formula is C10H16N4. The molecule has 4 nitrogen and oxygen atoms in total. The van der Waals surface area contributed by atoms with Crippen LogP contribution in [-0.2, 0) is 0 Å². The molecule has 1 saturated heterocycles. The van der Waals surface area contributed by atoms with Gasteiger partial charge in [0.1, 0.15) is 6.33 Å². The summed E-state index contributed by atoms with van der Waals surface area (Å²) in [5.41, 5.74) is 6.54. The van der Waals surface area contributed by atoms with Crippen LogP contribution in [0.2, 0.25) is 0 Å². The summed E-state index contributed by atoms with van der Waals surface area (Å²) in [4.78, 5) is 10.5. The highest BCUT2D eigenvalue weighted by Gasteiger charge is 2.25. The lowest BCUT2D eigenvalue weighted by molar-refractivity contribution is 0.640. The fourth-order valence-corrected chi connectivity index (χ4v) is 2.11. The standard InChI is InChI=1S/C10H16N4/c1-2-8-4-3-5-14(8)10-9(11)6-12-7-13-10/h6-8H,2-5,11H2,1H3. The minimum atomic E-state index is 0.604. The Balaban J connectivity index is 2.26. The topological polar surface area (TPSA) is 55.0 Å². The summed E-state index contributed by atoms with van der Waals surface area (Å²) in [6, 6.07) is 0.604. The quantitative estimate of drug-likeness (QED) is 0.770. The Hall–Kier alpha value is -1.32. The molecule has 0 bridgehead atoms. The van der Waals surface area contributed by atoms with Gasteiger partial charge in [0.15, 0.2) is 5.82 Å². The SMILES string of the molecule is CCC1CCCN1c1ncncc1N. The van der Waals surface area contributed by atoms with Crippen molar-refractivity contribution in [2.45, 2.75) is 32.2 Å². The molecule has 0 radical (unpaired) electrons. The highest BCUT2D eigenvalue weighted by molar-refractivity contribution is 5.61. The average molecular weight is 192 g/mol. The van der Waals surface area contributed by atoms with Gasteiger partial charge in [-0.1, -0.05) is 6.92 Å². The van der Waals surface area contributed by atoms with E-state index in [1.165, 1.54) is 12.8 Å². The van der Waals surface area contributed by atoms with Crippen LogP contribution in [0, 0.1) is 0 Å². The van der Waals surface area contributed by atoms with Crippen LogP contribution in [0.25, 0.3) is 0 Å². The van der Waals surface area contributed by atoms with Gasteiger partial charge in [-0.05, 0) is 19.3 Å². The van der Waals surface area contributed by atoms with Gasteiger partial charge in [-0.3, -0.25) is 0 Å². The van der Waals surface area contributed by atoms with E-state index < -0.39 is 0 Å². The molecule has 1 atom stereocenters. The molecule has 0 amide bonds. The van der Waals surface area contributed by atoms with Gasteiger partial charge < -0.3 is 10.6 Å². The largest absolute Gasteiger partial charge is 0.394 e. The Morgan fingerprint density at radius 3 is 3.21 bits per heavy atom. The maximum Gasteiger partial charge on any atom is 0.155 e. The van der Waals surface area contributed by atoms with Crippen molar-refractivity contribution >= 4 is 11.5 Å². The van der Waals surface area contributed by atoms with Gasteiger partial charge >= 0.3 is 0 Å². The first-order valence-corrected chi connectivity index (χ1v) is 5.15. The van der Waals surface area contributed by atoms with E-state index in [4.69, 9.17) is 5.73 Å². The fourth-order valence-electron chi connectivity index (χ4n) is 2.11. The zero-order chi connectivity index (χ0) is 9.97. The maximum absolute atomic E-state index is 5.85. The van der Waals surface area contributed by atoms with Crippen molar-refractivity contribution in [3.63, 3.8) is 0 Å². The van der Waals surface area contributed by atoms with Crippen LogP contribution in [-0.4, -0.2) is 22.6 Å². The van der Waals surface area contributed by atoms with Crippen molar-refractivity contribution in [3.05, 3.63) is 12.5 Å². The van der Waals surface area contributed by atoms with Crippen molar-refractivity contribution in [3.8, 4) is 0 Å². The third-order valence-corrected chi connectivity index (χ3v) is 2.84. The van der Waals surface area contributed by atoms with Crippen LogP contribution in [0.15, 0.2) is 12.5 Å². The minimum absolute atomic E-state index is 0.604. The Morgan fingerprint density at radius 1 is 1.64 bits per heavy atom. The highest BCUT2D eigenvalue weighted by atomic mass is 15.2. The van der Waals surface area contributed by atoms with Crippen molar-refractivity contribution in [2.75, 3.05) is 17.2 Å². The molecule has 2 rings (SSSR count). The second-order valence-corrected chi connectivity index (χ2v) is 3.70. The third-order valence-electron chi connectivity index (χ3n) is 2.84. The maximum atomic E-state index is 5.85. The van der Waals surface area contributed by atoms with Gasteiger partial charge in [-0.2, -0.15) is 0 Å². The molecule has 14 heavy (non-hydrogen) atoms. The molecule has 76 valence electrons. The number of nitrogens with zero attached hydrogens (tertiary/aromatic N) is 3. The van der Waals surface area contributed by atoms with Gasteiger partial charge in [0.2, 0.25) is 0 Å². The van der Waals surface area contributed by atoms with Gasteiger partial charge in [0.25, 0.3) is 0 Å². The van der Waals surface area contributed by atoms with E-state index in [-0.39, 0.29) is 0 Å². The second-order valence-electron chi connectivity index (χ2n) is 3.70. The third kappa shape index (κ3) is 1.52. The summed E-state index contributed by atoms with van der Waals surface area (Å²) in [6.07, 6.45) is 6.88. The summed E-state index contributed by atoms with van der Waals surface area (Å²) >= 11 is 0. The van der Waals surface area contributed by atoms with Crippen LogP contribution in [0.5, 0.6) is 0 Å². The first-order valence-electron chi connectivity index (χ1n) is 5.15. The lowest BCUT2D eigenvalue weighted by Crippen LogP contribution is -2.30. The zero-order valence-electron chi connectivity index (χ0n) is 8.48. The second kappa shape index (κ2) is 3.82. The lowest BCUT2D eigenvalue weighted by atomic mass is 10.2. The van der Waals surface area contributed by atoms with Crippen LogP contribution < -0.4 is 10.6 Å². The smallest absolute Gasteiger partial charge is 0.155 e. The minimum Gasteiger partial charge on any atom is -0.394 e. The molecule has 0 aromatic carbocycles. The molecule has 4 heteroatoms. The number of nitrogens with two attached hydrogens (primary N) is 1. The van der Waals surface area contributed by atoms with Crippen LogP contribution in [0.3, 0.4) is 0 Å². The summed E-state index contributed by atoms with van der Waals surface area (Å²) < 4.78 is 0. The first-order chi connectivity index (χ1) is 6.83. The number of hydrogen-bond acceptors (Lipinski definition) is 4. The first kappa shape index (κ1) is 9.24.